The number of hydrogen-bond acceptors (Lipinski definition) is 4. The molecule has 98 valence electrons. The second-order valence-electron chi connectivity index (χ2n) is 4.10. The highest BCUT2D eigenvalue weighted by Gasteiger charge is 2.10. The molecule has 0 amide bonds. The van der Waals surface area contributed by atoms with Gasteiger partial charge in [-0.15, -0.1) is 0 Å². The number of carbonyl (C=O) groups excluding carboxylic acids is 1. The van der Waals surface area contributed by atoms with Gasteiger partial charge in [0.15, 0.2) is 0 Å². The third-order valence-electron chi connectivity index (χ3n) is 2.73. The number of hydrogen-bond donors (Lipinski definition) is 0. The number of fused-ring (bicyclic) bond motifs is 1. The number of nitrogens with zero attached hydrogens (tertiary/aromatic N) is 2. The second kappa shape index (κ2) is 5.38. The molecule has 0 bridgehead atoms. The van der Waals surface area contributed by atoms with Crippen LogP contribution in [-0.4, -0.2) is 15.9 Å². The van der Waals surface area contributed by atoms with Crippen LogP contribution in [0.1, 0.15) is 10.4 Å². The van der Waals surface area contributed by atoms with Gasteiger partial charge >= 0.3 is 5.97 Å². The first kappa shape index (κ1) is 12.7. The van der Waals surface area contributed by atoms with Crippen LogP contribution in [-0.2, 0) is 0 Å². The standard InChI is InChI=1S/C15H9BrN2O2/c16-11-2-4-12(5-3-11)20-15(19)10-1-6-13-14(9-10)18-8-7-17-13/h1-9H. The maximum absolute atomic E-state index is 12.1. The molecular weight excluding hydrogens is 320 g/mol. The molecule has 1 aromatic heterocycles. The molecule has 0 saturated heterocycles. The summed E-state index contributed by atoms with van der Waals surface area (Å²) in [7, 11) is 0. The molecular formula is C15H9BrN2O2. The summed E-state index contributed by atoms with van der Waals surface area (Å²) in [5.74, 6) is 0.0809. The summed E-state index contributed by atoms with van der Waals surface area (Å²) in [6.45, 7) is 0. The average molecular weight is 329 g/mol. The molecule has 3 rings (SSSR count). The van der Waals surface area contributed by atoms with E-state index in [1.54, 1.807) is 42.7 Å². The Kier molecular flexibility index (Phi) is 3.43. The number of aromatic nitrogens is 2. The fraction of sp³-hybridized carbons (Fsp3) is 0. The summed E-state index contributed by atoms with van der Waals surface area (Å²) in [6.07, 6.45) is 3.20. The van der Waals surface area contributed by atoms with Crippen molar-refractivity contribution in [2.75, 3.05) is 0 Å². The molecule has 2 aromatic carbocycles. The van der Waals surface area contributed by atoms with E-state index in [2.05, 4.69) is 25.9 Å². The van der Waals surface area contributed by atoms with Crippen LogP contribution in [0.4, 0.5) is 0 Å². The fourth-order valence-corrected chi connectivity index (χ4v) is 2.02. The first-order valence-electron chi connectivity index (χ1n) is 5.91. The van der Waals surface area contributed by atoms with Gasteiger partial charge in [-0.2, -0.15) is 0 Å². The van der Waals surface area contributed by atoms with Gasteiger partial charge in [0.05, 0.1) is 16.6 Å². The summed E-state index contributed by atoms with van der Waals surface area (Å²) in [6, 6.07) is 12.2. The molecule has 0 saturated carbocycles. The molecule has 0 radical (unpaired) electrons. The summed E-state index contributed by atoms with van der Waals surface area (Å²) in [4.78, 5) is 20.4. The molecule has 0 aliphatic rings. The van der Waals surface area contributed by atoms with Crippen molar-refractivity contribution in [1.82, 2.24) is 9.97 Å². The molecule has 0 fully saturated rings. The topological polar surface area (TPSA) is 52.1 Å². The van der Waals surface area contributed by atoms with Gasteiger partial charge in [0.2, 0.25) is 0 Å². The van der Waals surface area contributed by atoms with Crippen molar-refractivity contribution in [2.24, 2.45) is 0 Å². The zero-order valence-corrected chi connectivity index (χ0v) is 11.9. The first-order chi connectivity index (χ1) is 9.72. The minimum atomic E-state index is -0.417. The van der Waals surface area contributed by atoms with Crippen molar-refractivity contribution in [3.8, 4) is 5.75 Å². The van der Waals surface area contributed by atoms with Gasteiger partial charge in [-0.25, -0.2) is 4.79 Å². The van der Waals surface area contributed by atoms with E-state index < -0.39 is 5.97 Å². The van der Waals surface area contributed by atoms with E-state index in [1.807, 2.05) is 12.1 Å². The van der Waals surface area contributed by atoms with E-state index in [-0.39, 0.29) is 0 Å². The number of carbonyl (C=O) groups is 1. The Hall–Kier alpha value is -2.27. The van der Waals surface area contributed by atoms with Gasteiger partial charge in [-0.3, -0.25) is 9.97 Å². The van der Waals surface area contributed by atoms with Crippen LogP contribution in [0.25, 0.3) is 11.0 Å². The van der Waals surface area contributed by atoms with Crippen LogP contribution in [0, 0.1) is 0 Å². The molecule has 4 nitrogen and oxygen atoms in total. The molecule has 3 aromatic rings. The summed E-state index contributed by atoms with van der Waals surface area (Å²) >= 11 is 3.33. The van der Waals surface area contributed by atoms with Crippen LogP contribution >= 0.6 is 15.9 Å². The van der Waals surface area contributed by atoms with E-state index in [0.29, 0.717) is 16.8 Å². The number of halogens is 1. The molecule has 0 aliphatic heterocycles. The smallest absolute Gasteiger partial charge is 0.343 e. The highest BCUT2D eigenvalue weighted by atomic mass is 79.9. The largest absolute Gasteiger partial charge is 0.423 e. The Morgan fingerprint density at radius 2 is 1.65 bits per heavy atom. The Morgan fingerprint density at radius 1 is 0.950 bits per heavy atom. The van der Waals surface area contributed by atoms with Crippen LogP contribution < -0.4 is 4.74 Å². The predicted molar refractivity (Wildman–Crippen MR) is 78.6 cm³/mol. The van der Waals surface area contributed by atoms with Crippen molar-refractivity contribution >= 4 is 32.9 Å². The van der Waals surface area contributed by atoms with E-state index in [1.165, 1.54) is 0 Å². The van der Waals surface area contributed by atoms with Gasteiger partial charge < -0.3 is 4.74 Å². The molecule has 0 aliphatic carbocycles. The SMILES string of the molecule is O=C(Oc1ccc(Br)cc1)c1ccc2nccnc2c1. The zero-order chi connectivity index (χ0) is 13.9. The molecule has 0 unspecified atom stereocenters. The summed E-state index contributed by atoms with van der Waals surface area (Å²) < 4.78 is 6.23. The Morgan fingerprint density at radius 3 is 2.40 bits per heavy atom. The van der Waals surface area contributed by atoms with Crippen LogP contribution in [0.3, 0.4) is 0 Å². The van der Waals surface area contributed by atoms with Crippen LogP contribution in [0.5, 0.6) is 5.75 Å². The highest BCUT2D eigenvalue weighted by molar-refractivity contribution is 9.10. The zero-order valence-electron chi connectivity index (χ0n) is 10.3. The van der Waals surface area contributed by atoms with Crippen molar-refractivity contribution in [3.05, 3.63) is 64.9 Å². The highest BCUT2D eigenvalue weighted by Crippen LogP contribution is 2.18. The van der Waals surface area contributed by atoms with E-state index in [4.69, 9.17) is 4.74 Å². The second-order valence-corrected chi connectivity index (χ2v) is 5.02. The van der Waals surface area contributed by atoms with Crippen molar-refractivity contribution in [2.45, 2.75) is 0 Å². The quantitative estimate of drug-likeness (QED) is 0.532. The van der Waals surface area contributed by atoms with Gasteiger partial charge in [0, 0.05) is 16.9 Å². The number of benzene rings is 2. The first-order valence-corrected chi connectivity index (χ1v) is 6.70. The minimum absolute atomic E-state index is 0.417. The van der Waals surface area contributed by atoms with E-state index in [0.717, 1.165) is 9.99 Å². The van der Waals surface area contributed by atoms with Crippen molar-refractivity contribution in [1.29, 1.82) is 0 Å². The lowest BCUT2D eigenvalue weighted by Gasteiger charge is -2.05. The average Bonchev–Trinajstić information content (AvgIpc) is 2.49. The Bertz CT molecular complexity index is 772. The van der Waals surface area contributed by atoms with E-state index >= 15 is 0 Å². The lowest BCUT2D eigenvalue weighted by molar-refractivity contribution is 0.0735. The predicted octanol–water partition coefficient (Wildman–Crippen LogP) is 3.61. The Labute approximate surface area is 123 Å². The fourth-order valence-electron chi connectivity index (χ4n) is 1.76. The van der Waals surface area contributed by atoms with Gasteiger partial charge in [0.1, 0.15) is 5.75 Å². The van der Waals surface area contributed by atoms with Crippen LogP contribution in [0.2, 0.25) is 0 Å². The van der Waals surface area contributed by atoms with E-state index in [9.17, 15) is 4.79 Å². The molecule has 0 N–H and O–H groups in total. The number of ether oxygens (including phenoxy) is 1. The van der Waals surface area contributed by atoms with Crippen molar-refractivity contribution < 1.29 is 9.53 Å². The molecule has 0 spiro atoms. The normalized spacial score (nSPS) is 10.4. The van der Waals surface area contributed by atoms with Gasteiger partial charge in [-0.05, 0) is 42.5 Å². The monoisotopic (exact) mass is 328 g/mol. The summed E-state index contributed by atoms with van der Waals surface area (Å²) in [5, 5.41) is 0. The van der Waals surface area contributed by atoms with Crippen LogP contribution in [0.15, 0.2) is 59.3 Å². The maximum Gasteiger partial charge on any atom is 0.343 e. The van der Waals surface area contributed by atoms with Gasteiger partial charge in [0.25, 0.3) is 0 Å². The van der Waals surface area contributed by atoms with Gasteiger partial charge in [-0.1, -0.05) is 15.9 Å². The maximum atomic E-state index is 12.1. The van der Waals surface area contributed by atoms with Crippen molar-refractivity contribution in [3.63, 3.8) is 0 Å². The number of rotatable bonds is 2. The molecule has 0 atom stereocenters. The minimum Gasteiger partial charge on any atom is -0.423 e. The lowest BCUT2D eigenvalue weighted by atomic mass is 10.2. The molecule has 5 heteroatoms. The lowest BCUT2D eigenvalue weighted by Crippen LogP contribution is -2.08. The Balaban J connectivity index is 1.86. The third-order valence-corrected chi connectivity index (χ3v) is 3.26. The molecule has 20 heavy (non-hydrogen) atoms. The molecule has 1 heterocycles. The number of esters is 1. The summed E-state index contributed by atoms with van der Waals surface area (Å²) in [5.41, 5.74) is 1.85. The third kappa shape index (κ3) is 2.67.